The second-order valence-electron chi connectivity index (χ2n) is 6.26. The summed E-state index contributed by atoms with van der Waals surface area (Å²) in [6, 6.07) is 4.55. The molecular formula is C16H27N3O2S. The molecule has 1 saturated heterocycles. The molecule has 2 N–H and O–H groups in total. The monoisotopic (exact) mass is 325 g/mol. The van der Waals surface area contributed by atoms with Crippen LogP contribution in [0.3, 0.4) is 0 Å². The minimum atomic E-state index is -0.504. The molecule has 0 bridgehead atoms. The van der Waals surface area contributed by atoms with Gasteiger partial charge in [-0.2, -0.15) is 0 Å². The lowest BCUT2D eigenvalue weighted by atomic mass is 9.88. The second-order valence-corrected chi connectivity index (χ2v) is 7.24. The number of carbonyl (C=O) groups excluding carboxylic acids is 1. The Morgan fingerprint density at radius 1 is 1.64 bits per heavy atom. The minimum absolute atomic E-state index is 0.112. The van der Waals surface area contributed by atoms with Crippen molar-refractivity contribution in [3.63, 3.8) is 0 Å². The van der Waals surface area contributed by atoms with Crippen LogP contribution in [0.4, 0.5) is 4.79 Å². The van der Waals surface area contributed by atoms with E-state index in [9.17, 15) is 9.90 Å². The number of likely N-dealkylation sites (tertiary alicyclic amines) is 1. The highest BCUT2D eigenvalue weighted by Crippen LogP contribution is 2.36. The number of carbonyl (C=O) groups is 1. The molecule has 1 aromatic heterocycles. The van der Waals surface area contributed by atoms with Crippen LogP contribution in [0.2, 0.25) is 0 Å². The van der Waals surface area contributed by atoms with E-state index in [1.165, 1.54) is 16.2 Å². The Hall–Kier alpha value is -1.11. The quantitative estimate of drug-likeness (QED) is 0.872. The van der Waals surface area contributed by atoms with Crippen molar-refractivity contribution in [2.75, 3.05) is 33.7 Å². The summed E-state index contributed by atoms with van der Waals surface area (Å²) < 4.78 is 0. The normalized spacial score (nSPS) is 24.0. The van der Waals surface area contributed by atoms with E-state index >= 15 is 0 Å². The molecule has 2 heterocycles. The van der Waals surface area contributed by atoms with Gasteiger partial charge in [-0.3, -0.25) is 4.90 Å². The van der Waals surface area contributed by atoms with Crippen LogP contribution in [-0.4, -0.2) is 60.8 Å². The Kier molecular flexibility index (Phi) is 6.23. The highest BCUT2D eigenvalue weighted by molar-refractivity contribution is 7.10. The first-order valence-corrected chi connectivity index (χ1v) is 8.77. The molecule has 6 heteroatoms. The molecule has 124 valence electrons. The van der Waals surface area contributed by atoms with Gasteiger partial charge in [0.25, 0.3) is 0 Å². The average Bonchev–Trinajstić information content (AvgIpc) is 2.97. The van der Waals surface area contributed by atoms with E-state index in [4.69, 9.17) is 0 Å². The molecule has 0 radical (unpaired) electrons. The number of aliphatic hydroxyl groups is 1. The van der Waals surface area contributed by atoms with E-state index in [1.54, 1.807) is 25.3 Å². The summed E-state index contributed by atoms with van der Waals surface area (Å²) in [5.41, 5.74) is 0. The molecule has 1 fully saturated rings. The van der Waals surface area contributed by atoms with Crippen LogP contribution in [0.5, 0.6) is 0 Å². The van der Waals surface area contributed by atoms with Crippen molar-refractivity contribution in [2.24, 2.45) is 5.92 Å². The van der Waals surface area contributed by atoms with Crippen molar-refractivity contribution in [2.45, 2.75) is 31.9 Å². The van der Waals surface area contributed by atoms with Crippen molar-refractivity contribution in [1.82, 2.24) is 15.1 Å². The molecule has 0 aliphatic carbocycles. The zero-order chi connectivity index (χ0) is 16.1. The molecule has 5 nitrogen and oxygen atoms in total. The van der Waals surface area contributed by atoms with E-state index in [2.05, 4.69) is 34.8 Å². The van der Waals surface area contributed by atoms with Crippen molar-refractivity contribution in [3.05, 3.63) is 22.4 Å². The molecule has 0 saturated carbocycles. The predicted molar refractivity (Wildman–Crippen MR) is 90.1 cm³/mol. The van der Waals surface area contributed by atoms with Crippen LogP contribution in [0.25, 0.3) is 0 Å². The van der Waals surface area contributed by atoms with E-state index in [1.807, 2.05) is 0 Å². The number of likely N-dealkylation sites (N-methyl/N-ethyl adjacent to an activating group) is 1. The fraction of sp³-hybridized carbons (Fsp3) is 0.688. The van der Waals surface area contributed by atoms with Gasteiger partial charge in [-0.15, -0.1) is 11.3 Å². The summed E-state index contributed by atoms with van der Waals surface area (Å²) in [6.07, 6.45) is 1.80. The Morgan fingerprint density at radius 3 is 3.05 bits per heavy atom. The molecule has 2 amide bonds. The number of nitrogens with one attached hydrogen (secondary N) is 1. The van der Waals surface area contributed by atoms with Gasteiger partial charge < -0.3 is 15.3 Å². The second kappa shape index (κ2) is 7.94. The van der Waals surface area contributed by atoms with Gasteiger partial charge in [0.05, 0.1) is 6.10 Å². The fourth-order valence-corrected chi connectivity index (χ4v) is 4.20. The fourth-order valence-electron chi connectivity index (χ4n) is 3.22. The van der Waals surface area contributed by atoms with Crippen molar-refractivity contribution in [1.29, 1.82) is 0 Å². The zero-order valence-corrected chi connectivity index (χ0v) is 14.5. The topological polar surface area (TPSA) is 55.8 Å². The summed E-state index contributed by atoms with van der Waals surface area (Å²) in [6.45, 7) is 3.82. The van der Waals surface area contributed by atoms with Crippen molar-refractivity contribution >= 4 is 17.4 Å². The van der Waals surface area contributed by atoms with Gasteiger partial charge in [0, 0.05) is 31.1 Å². The largest absolute Gasteiger partial charge is 0.392 e. The molecule has 22 heavy (non-hydrogen) atoms. The van der Waals surface area contributed by atoms with Crippen molar-refractivity contribution < 1.29 is 9.90 Å². The summed E-state index contributed by atoms with van der Waals surface area (Å²) in [7, 11) is 3.88. The highest BCUT2D eigenvalue weighted by atomic mass is 32.1. The molecular weight excluding hydrogens is 298 g/mol. The number of thiophene rings is 1. The number of amides is 2. The SMILES string of the molecule is CC(O)CN(C)C(=O)NCC1CCCN(C)C1c1cccs1. The van der Waals surface area contributed by atoms with Gasteiger partial charge in [-0.25, -0.2) is 4.79 Å². The molecule has 3 unspecified atom stereocenters. The van der Waals surface area contributed by atoms with Crippen LogP contribution in [0.15, 0.2) is 17.5 Å². The van der Waals surface area contributed by atoms with E-state index in [0.717, 1.165) is 13.0 Å². The molecule has 2 rings (SSSR count). The smallest absolute Gasteiger partial charge is 0.317 e. The maximum Gasteiger partial charge on any atom is 0.317 e. The first-order valence-electron chi connectivity index (χ1n) is 7.89. The summed E-state index contributed by atoms with van der Waals surface area (Å²) in [4.78, 5) is 17.4. The predicted octanol–water partition coefficient (Wildman–Crippen LogP) is 2.15. The summed E-state index contributed by atoms with van der Waals surface area (Å²) >= 11 is 1.79. The zero-order valence-electron chi connectivity index (χ0n) is 13.7. The van der Waals surface area contributed by atoms with Crippen LogP contribution in [0.1, 0.15) is 30.7 Å². The molecule has 0 spiro atoms. The number of piperidine rings is 1. The van der Waals surface area contributed by atoms with Gasteiger partial charge in [-0.05, 0) is 50.7 Å². The number of nitrogens with zero attached hydrogens (tertiary/aromatic N) is 2. The first-order chi connectivity index (χ1) is 10.5. The van der Waals surface area contributed by atoms with Gasteiger partial charge in [-0.1, -0.05) is 6.07 Å². The molecule has 1 aromatic rings. The minimum Gasteiger partial charge on any atom is -0.392 e. The average molecular weight is 325 g/mol. The maximum atomic E-state index is 12.1. The lowest BCUT2D eigenvalue weighted by Crippen LogP contribution is -2.45. The first kappa shape index (κ1) is 17.2. The van der Waals surface area contributed by atoms with Crippen LogP contribution in [-0.2, 0) is 0 Å². The van der Waals surface area contributed by atoms with E-state index < -0.39 is 6.10 Å². The number of aliphatic hydroxyl groups excluding tert-OH is 1. The van der Waals surface area contributed by atoms with E-state index in [-0.39, 0.29) is 6.03 Å². The van der Waals surface area contributed by atoms with Gasteiger partial charge in [0.1, 0.15) is 0 Å². The van der Waals surface area contributed by atoms with Crippen molar-refractivity contribution in [3.8, 4) is 0 Å². The highest BCUT2D eigenvalue weighted by Gasteiger charge is 2.31. The summed E-state index contributed by atoms with van der Waals surface area (Å²) in [5.74, 6) is 0.432. The molecule has 3 atom stereocenters. The summed E-state index contributed by atoms with van der Waals surface area (Å²) in [5, 5.41) is 14.5. The third-order valence-corrected chi connectivity index (χ3v) is 5.19. The molecule has 1 aliphatic rings. The Labute approximate surface area is 136 Å². The lowest BCUT2D eigenvalue weighted by molar-refractivity contribution is 0.117. The Bertz CT molecular complexity index is 464. The van der Waals surface area contributed by atoms with Gasteiger partial charge in [0.2, 0.25) is 0 Å². The number of rotatable bonds is 5. The van der Waals surface area contributed by atoms with Gasteiger partial charge >= 0.3 is 6.03 Å². The van der Waals surface area contributed by atoms with Crippen LogP contribution >= 0.6 is 11.3 Å². The third kappa shape index (κ3) is 4.44. The number of urea groups is 1. The number of hydrogen-bond acceptors (Lipinski definition) is 4. The van der Waals surface area contributed by atoms with Gasteiger partial charge in [0.15, 0.2) is 0 Å². The third-order valence-electron chi connectivity index (χ3n) is 4.24. The standard InChI is InChI=1S/C16H27N3O2S/c1-12(20)11-19(3)16(21)17-10-13-6-4-8-18(2)15(13)14-7-5-9-22-14/h5,7,9,12-13,15,20H,4,6,8,10-11H2,1-3H3,(H,17,21). The van der Waals surface area contributed by atoms with E-state index in [0.29, 0.717) is 25.0 Å². The Morgan fingerprint density at radius 2 is 2.41 bits per heavy atom. The number of hydrogen-bond donors (Lipinski definition) is 2. The maximum absolute atomic E-state index is 12.1. The molecule has 1 aliphatic heterocycles. The molecule has 0 aromatic carbocycles. The Balaban J connectivity index is 1.93. The van der Waals surface area contributed by atoms with Crippen LogP contribution < -0.4 is 5.32 Å². The lowest BCUT2D eigenvalue weighted by Gasteiger charge is -2.39. The van der Waals surface area contributed by atoms with Crippen LogP contribution in [0, 0.1) is 5.92 Å².